The summed E-state index contributed by atoms with van der Waals surface area (Å²) in [7, 11) is 5.39. The van der Waals surface area contributed by atoms with Gasteiger partial charge in [-0.1, -0.05) is 6.07 Å². The van der Waals surface area contributed by atoms with Crippen molar-refractivity contribution in [1.29, 1.82) is 0 Å². The average molecular weight is 342 g/mol. The summed E-state index contributed by atoms with van der Waals surface area (Å²) < 4.78 is 10.3. The quantitative estimate of drug-likeness (QED) is 0.818. The number of carbonyl (C=O) groups excluding carboxylic acids is 2. The predicted molar refractivity (Wildman–Crippen MR) is 97.3 cm³/mol. The van der Waals surface area contributed by atoms with Gasteiger partial charge in [0.1, 0.15) is 5.75 Å². The maximum Gasteiger partial charge on any atom is 0.339 e. The summed E-state index contributed by atoms with van der Waals surface area (Å²) in [6.45, 7) is 1.53. The zero-order valence-corrected chi connectivity index (χ0v) is 14.8. The van der Waals surface area contributed by atoms with Crippen LogP contribution in [0.2, 0.25) is 0 Å². The van der Waals surface area contributed by atoms with E-state index in [0.717, 1.165) is 5.69 Å². The van der Waals surface area contributed by atoms with Crippen LogP contribution in [0.25, 0.3) is 0 Å². The molecule has 0 radical (unpaired) electrons. The van der Waals surface area contributed by atoms with E-state index in [9.17, 15) is 9.59 Å². The van der Waals surface area contributed by atoms with Crippen LogP contribution >= 0.6 is 0 Å². The average Bonchev–Trinajstić information content (AvgIpc) is 2.62. The van der Waals surface area contributed by atoms with Crippen LogP contribution in [0.15, 0.2) is 48.5 Å². The third-order valence-electron chi connectivity index (χ3n) is 3.61. The van der Waals surface area contributed by atoms with E-state index in [1.807, 2.05) is 31.1 Å². The van der Waals surface area contributed by atoms with E-state index >= 15 is 0 Å². The number of hydrogen-bond acceptors (Lipinski definition) is 5. The molecule has 0 aliphatic carbocycles. The molecule has 0 aromatic heterocycles. The summed E-state index contributed by atoms with van der Waals surface area (Å²) in [6, 6.07) is 14.0. The molecule has 1 atom stereocenters. The summed E-state index contributed by atoms with van der Waals surface area (Å²) in [6.07, 6.45) is -0.924. The molecule has 2 aromatic rings. The highest BCUT2D eigenvalue weighted by Gasteiger charge is 2.19. The minimum atomic E-state index is -0.924. The van der Waals surface area contributed by atoms with Crippen LogP contribution in [-0.4, -0.2) is 39.2 Å². The number of rotatable bonds is 6. The standard InChI is InChI=1S/C19H22N2O4/c1-13(25-19(23)14-6-5-7-17(12-14)24-4)18(22)20-15-8-10-16(11-9-15)21(2)3/h5-13H,1-4H3,(H,20,22)/t13-/m1/s1. The van der Waals surface area contributed by atoms with Gasteiger partial charge in [-0.25, -0.2) is 4.79 Å². The number of ether oxygens (including phenoxy) is 2. The highest BCUT2D eigenvalue weighted by atomic mass is 16.5. The second-order valence-electron chi connectivity index (χ2n) is 5.71. The number of esters is 1. The van der Waals surface area contributed by atoms with Crippen molar-refractivity contribution < 1.29 is 19.1 Å². The maximum atomic E-state index is 12.2. The van der Waals surface area contributed by atoms with Crippen molar-refractivity contribution in [2.75, 3.05) is 31.4 Å². The van der Waals surface area contributed by atoms with Gasteiger partial charge in [0.25, 0.3) is 5.91 Å². The molecule has 6 heteroatoms. The second kappa shape index (κ2) is 8.19. The molecule has 132 valence electrons. The molecule has 0 saturated heterocycles. The summed E-state index contributed by atoms with van der Waals surface area (Å²) in [5.74, 6) is -0.425. The monoisotopic (exact) mass is 342 g/mol. The number of benzene rings is 2. The SMILES string of the molecule is COc1cccc(C(=O)O[C@H](C)C(=O)Nc2ccc(N(C)C)cc2)c1. The van der Waals surface area contributed by atoms with Gasteiger partial charge < -0.3 is 19.7 Å². The number of nitrogens with zero attached hydrogens (tertiary/aromatic N) is 1. The lowest BCUT2D eigenvalue weighted by atomic mass is 10.2. The Morgan fingerprint density at radius 2 is 1.76 bits per heavy atom. The van der Waals surface area contributed by atoms with Crippen LogP contribution < -0.4 is 15.0 Å². The smallest absolute Gasteiger partial charge is 0.339 e. The van der Waals surface area contributed by atoms with Crippen LogP contribution in [-0.2, 0) is 9.53 Å². The Morgan fingerprint density at radius 3 is 2.36 bits per heavy atom. The molecule has 0 fully saturated rings. The lowest BCUT2D eigenvalue weighted by Crippen LogP contribution is -2.30. The van der Waals surface area contributed by atoms with Crippen molar-refractivity contribution in [2.24, 2.45) is 0 Å². The second-order valence-corrected chi connectivity index (χ2v) is 5.71. The third kappa shape index (κ3) is 4.97. The van der Waals surface area contributed by atoms with Gasteiger partial charge in [-0.3, -0.25) is 4.79 Å². The highest BCUT2D eigenvalue weighted by Crippen LogP contribution is 2.17. The topological polar surface area (TPSA) is 67.9 Å². The van der Waals surface area contributed by atoms with Gasteiger partial charge in [-0.2, -0.15) is 0 Å². The Hall–Kier alpha value is -3.02. The molecule has 2 aromatic carbocycles. The molecule has 25 heavy (non-hydrogen) atoms. The van der Waals surface area contributed by atoms with E-state index in [-0.39, 0.29) is 0 Å². The van der Waals surface area contributed by atoms with Gasteiger partial charge in [0.2, 0.25) is 0 Å². The molecular weight excluding hydrogens is 320 g/mol. The van der Waals surface area contributed by atoms with Crippen molar-refractivity contribution in [3.05, 3.63) is 54.1 Å². The van der Waals surface area contributed by atoms with Gasteiger partial charge in [0, 0.05) is 25.5 Å². The van der Waals surface area contributed by atoms with Crippen LogP contribution in [0.5, 0.6) is 5.75 Å². The van der Waals surface area contributed by atoms with Crippen molar-refractivity contribution in [1.82, 2.24) is 0 Å². The Kier molecular flexibility index (Phi) is 6.00. The first kappa shape index (κ1) is 18.3. The van der Waals surface area contributed by atoms with E-state index in [1.165, 1.54) is 14.0 Å². The molecule has 0 aliphatic heterocycles. The molecule has 0 unspecified atom stereocenters. The fraction of sp³-hybridized carbons (Fsp3) is 0.263. The number of methoxy groups -OCH3 is 1. The van der Waals surface area contributed by atoms with Gasteiger partial charge in [0.15, 0.2) is 6.10 Å². The Labute approximate surface area is 147 Å². The molecule has 0 heterocycles. The summed E-state index contributed by atoms with van der Waals surface area (Å²) in [5.41, 5.74) is 1.99. The van der Waals surface area contributed by atoms with Gasteiger partial charge in [-0.15, -0.1) is 0 Å². The minimum absolute atomic E-state index is 0.328. The maximum absolute atomic E-state index is 12.2. The number of nitrogens with one attached hydrogen (secondary N) is 1. The van der Waals surface area contributed by atoms with Crippen molar-refractivity contribution in [3.63, 3.8) is 0 Å². The molecule has 0 bridgehead atoms. The number of hydrogen-bond donors (Lipinski definition) is 1. The highest BCUT2D eigenvalue weighted by molar-refractivity contribution is 5.97. The van der Waals surface area contributed by atoms with E-state index in [4.69, 9.17) is 9.47 Å². The summed E-state index contributed by atoms with van der Waals surface area (Å²) >= 11 is 0. The normalized spacial score (nSPS) is 11.4. The first-order chi connectivity index (χ1) is 11.9. The van der Waals surface area contributed by atoms with E-state index in [1.54, 1.807) is 36.4 Å². The Bertz CT molecular complexity index is 741. The summed E-state index contributed by atoms with van der Waals surface area (Å²) in [4.78, 5) is 26.3. The zero-order chi connectivity index (χ0) is 18.4. The van der Waals surface area contributed by atoms with E-state index in [2.05, 4.69) is 5.32 Å². The first-order valence-corrected chi connectivity index (χ1v) is 7.84. The molecule has 6 nitrogen and oxygen atoms in total. The Morgan fingerprint density at radius 1 is 1.08 bits per heavy atom. The molecule has 0 saturated carbocycles. The fourth-order valence-electron chi connectivity index (χ4n) is 2.12. The molecule has 0 spiro atoms. The van der Waals surface area contributed by atoms with Crippen molar-refractivity contribution >= 4 is 23.3 Å². The molecule has 1 amide bonds. The fourth-order valence-corrected chi connectivity index (χ4v) is 2.12. The van der Waals surface area contributed by atoms with Crippen LogP contribution in [0.1, 0.15) is 17.3 Å². The number of carbonyl (C=O) groups is 2. The van der Waals surface area contributed by atoms with Gasteiger partial charge in [-0.05, 0) is 49.4 Å². The van der Waals surface area contributed by atoms with Crippen LogP contribution in [0.3, 0.4) is 0 Å². The van der Waals surface area contributed by atoms with Gasteiger partial charge >= 0.3 is 5.97 Å². The molecule has 2 rings (SSSR count). The van der Waals surface area contributed by atoms with Crippen LogP contribution in [0.4, 0.5) is 11.4 Å². The zero-order valence-electron chi connectivity index (χ0n) is 14.8. The van der Waals surface area contributed by atoms with Crippen molar-refractivity contribution in [2.45, 2.75) is 13.0 Å². The number of anilines is 2. The molecule has 1 N–H and O–H groups in total. The lowest BCUT2D eigenvalue weighted by Gasteiger charge is -2.15. The van der Waals surface area contributed by atoms with E-state index in [0.29, 0.717) is 17.0 Å². The van der Waals surface area contributed by atoms with Crippen LogP contribution in [0, 0.1) is 0 Å². The third-order valence-corrected chi connectivity index (χ3v) is 3.61. The van der Waals surface area contributed by atoms with Crippen molar-refractivity contribution in [3.8, 4) is 5.75 Å². The lowest BCUT2D eigenvalue weighted by molar-refractivity contribution is -0.123. The molecular formula is C19H22N2O4. The summed E-state index contributed by atoms with van der Waals surface area (Å²) in [5, 5.41) is 2.73. The predicted octanol–water partition coefficient (Wildman–Crippen LogP) is 2.95. The first-order valence-electron chi connectivity index (χ1n) is 7.84. The minimum Gasteiger partial charge on any atom is -0.497 e. The van der Waals surface area contributed by atoms with E-state index < -0.39 is 18.0 Å². The van der Waals surface area contributed by atoms with Gasteiger partial charge in [0.05, 0.1) is 12.7 Å². The number of amides is 1. The Balaban J connectivity index is 1.96. The molecule has 0 aliphatic rings. The largest absolute Gasteiger partial charge is 0.497 e.